The summed E-state index contributed by atoms with van der Waals surface area (Å²) in [7, 11) is 0. The number of cyclic esters (lactones) is 1. The summed E-state index contributed by atoms with van der Waals surface area (Å²) in [5.41, 5.74) is -0.215. The number of amides is 1. The molecule has 12 heavy (non-hydrogen) atoms. The first kappa shape index (κ1) is 9.03. The average Bonchev–Trinajstić information content (AvgIpc) is 2.29. The van der Waals surface area contributed by atoms with Crippen LogP contribution >= 0.6 is 0 Å². The van der Waals surface area contributed by atoms with E-state index in [1.165, 1.54) is 4.90 Å². The second-order valence-electron chi connectivity index (χ2n) is 3.99. The minimum Gasteiger partial charge on any atom is -0.440 e. The number of carbonyl (C=O) groups excluding carboxylic acids is 2. The molecule has 0 aromatic carbocycles. The zero-order chi connectivity index (χ0) is 9.35. The fraction of sp³-hybridized carbons (Fsp3) is 0.750. The Balaban J connectivity index is 2.77. The fourth-order valence-corrected chi connectivity index (χ4v) is 1.23. The van der Waals surface area contributed by atoms with E-state index in [9.17, 15) is 9.59 Å². The van der Waals surface area contributed by atoms with Gasteiger partial charge in [-0.25, -0.2) is 0 Å². The Hall–Kier alpha value is -1.06. The van der Waals surface area contributed by atoms with Crippen LogP contribution in [-0.4, -0.2) is 30.1 Å². The summed E-state index contributed by atoms with van der Waals surface area (Å²) < 4.78 is 4.99. The first-order valence-electron chi connectivity index (χ1n) is 3.85. The van der Waals surface area contributed by atoms with Crippen molar-refractivity contribution < 1.29 is 14.3 Å². The number of hydrogen-bond acceptors (Lipinski definition) is 3. The van der Waals surface area contributed by atoms with Gasteiger partial charge in [0.15, 0.2) is 6.23 Å². The van der Waals surface area contributed by atoms with Crippen LogP contribution in [0.5, 0.6) is 0 Å². The molecule has 1 atom stereocenters. The van der Waals surface area contributed by atoms with Crippen LogP contribution in [-0.2, 0) is 14.3 Å². The summed E-state index contributed by atoms with van der Waals surface area (Å²) in [4.78, 5) is 22.7. The number of rotatable bonds is 1. The number of nitrogens with zero attached hydrogens (tertiary/aromatic N) is 1. The lowest BCUT2D eigenvalue weighted by molar-refractivity contribution is -0.148. The van der Waals surface area contributed by atoms with E-state index in [4.69, 9.17) is 4.74 Å². The lowest BCUT2D eigenvalue weighted by atomic mass is 9.94. The first-order chi connectivity index (χ1) is 5.45. The second kappa shape index (κ2) is 2.77. The number of hydrogen-bond donors (Lipinski definition) is 0. The van der Waals surface area contributed by atoms with Gasteiger partial charge < -0.3 is 4.74 Å². The molecule has 0 spiro atoms. The van der Waals surface area contributed by atoms with Crippen molar-refractivity contribution in [1.29, 1.82) is 0 Å². The van der Waals surface area contributed by atoms with E-state index in [-0.39, 0.29) is 17.9 Å². The second-order valence-corrected chi connectivity index (χ2v) is 3.99. The maximum atomic E-state index is 10.8. The molecule has 4 heteroatoms. The van der Waals surface area contributed by atoms with Gasteiger partial charge in [-0.15, -0.1) is 0 Å². The molecule has 1 fully saturated rings. The summed E-state index contributed by atoms with van der Waals surface area (Å²) in [6.07, 6.45) is 0.239. The highest BCUT2D eigenvalue weighted by atomic mass is 16.6. The summed E-state index contributed by atoms with van der Waals surface area (Å²) in [5.74, 6) is -0.331. The number of carbonyl (C=O) groups is 2. The van der Waals surface area contributed by atoms with Gasteiger partial charge in [-0.3, -0.25) is 14.5 Å². The van der Waals surface area contributed by atoms with Crippen molar-refractivity contribution in [2.24, 2.45) is 5.41 Å². The molecule has 0 aromatic rings. The zero-order valence-electron chi connectivity index (χ0n) is 7.53. The maximum Gasteiger partial charge on any atom is 0.327 e. The Bertz CT molecular complexity index is 207. The molecule has 1 aliphatic heterocycles. The lowest BCUT2D eigenvalue weighted by Gasteiger charge is -2.29. The highest BCUT2D eigenvalue weighted by Crippen LogP contribution is 2.27. The van der Waals surface area contributed by atoms with Crippen LogP contribution in [0.15, 0.2) is 0 Å². The van der Waals surface area contributed by atoms with Gasteiger partial charge in [0.25, 0.3) is 0 Å². The first-order valence-corrected chi connectivity index (χ1v) is 3.85. The molecule has 1 unspecified atom stereocenters. The van der Waals surface area contributed by atoms with Crippen molar-refractivity contribution in [3.05, 3.63) is 0 Å². The maximum absolute atomic E-state index is 10.8. The van der Waals surface area contributed by atoms with Crippen molar-refractivity contribution in [3.63, 3.8) is 0 Å². The number of esters is 1. The molecular weight excluding hydrogens is 158 g/mol. The molecule has 0 N–H and O–H groups in total. The van der Waals surface area contributed by atoms with Gasteiger partial charge >= 0.3 is 5.97 Å². The number of ether oxygens (including phenoxy) is 1. The van der Waals surface area contributed by atoms with E-state index < -0.39 is 6.23 Å². The summed E-state index contributed by atoms with van der Waals surface area (Å²) >= 11 is 0. The minimum absolute atomic E-state index is 0.0748. The standard InChI is InChI=1S/C8H13NO3/c1-8(2,3)7-9(5-10)4-6(11)12-7/h5,7H,4H2,1-3H3. The molecule has 1 heterocycles. The van der Waals surface area contributed by atoms with Gasteiger partial charge in [0.05, 0.1) is 0 Å². The molecule has 0 bridgehead atoms. The molecule has 1 amide bonds. The molecule has 0 saturated carbocycles. The van der Waals surface area contributed by atoms with Crippen molar-refractivity contribution in [1.82, 2.24) is 4.90 Å². The van der Waals surface area contributed by atoms with E-state index >= 15 is 0 Å². The quantitative estimate of drug-likeness (QED) is 0.423. The largest absolute Gasteiger partial charge is 0.440 e. The minimum atomic E-state index is -0.414. The molecule has 0 radical (unpaired) electrons. The predicted octanol–water partition coefficient (Wildman–Crippen LogP) is 0.374. The summed E-state index contributed by atoms with van der Waals surface area (Å²) in [5, 5.41) is 0. The smallest absolute Gasteiger partial charge is 0.327 e. The Morgan fingerprint density at radius 1 is 1.58 bits per heavy atom. The van der Waals surface area contributed by atoms with Gasteiger partial charge in [0, 0.05) is 5.41 Å². The predicted molar refractivity (Wildman–Crippen MR) is 42.1 cm³/mol. The van der Waals surface area contributed by atoms with E-state index in [2.05, 4.69) is 0 Å². The van der Waals surface area contributed by atoms with Gasteiger partial charge in [-0.05, 0) is 0 Å². The van der Waals surface area contributed by atoms with E-state index in [0.717, 1.165) is 0 Å². The van der Waals surface area contributed by atoms with Crippen LogP contribution in [0.4, 0.5) is 0 Å². The highest BCUT2D eigenvalue weighted by Gasteiger charge is 2.39. The van der Waals surface area contributed by atoms with Crippen LogP contribution in [0.2, 0.25) is 0 Å². The molecule has 1 rings (SSSR count). The molecule has 68 valence electrons. The third kappa shape index (κ3) is 1.57. The molecular formula is C8H13NO3. The van der Waals surface area contributed by atoms with Crippen molar-refractivity contribution in [2.45, 2.75) is 27.0 Å². The van der Waals surface area contributed by atoms with Gasteiger partial charge in [-0.2, -0.15) is 0 Å². The SMILES string of the molecule is CC(C)(C)C1OC(=O)CN1C=O. The summed E-state index contributed by atoms with van der Waals surface area (Å²) in [6, 6.07) is 0. The lowest BCUT2D eigenvalue weighted by Crippen LogP contribution is -2.39. The van der Waals surface area contributed by atoms with Crippen LogP contribution in [0.3, 0.4) is 0 Å². The molecule has 1 saturated heterocycles. The summed E-state index contributed by atoms with van der Waals surface area (Å²) in [6.45, 7) is 5.84. The van der Waals surface area contributed by atoms with Gasteiger partial charge in [0.2, 0.25) is 6.41 Å². The molecule has 1 aliphatic rings. The monoisotopic (exact) mass is 171 g/mol. The van der Waals surface area contributed by atoms with E-state index in [0.29, 0.717) is 6.41 Å². The van der Waals surface area contributed by atoms with Crippen LogP contribution in [0.25, 0.3) is 0 Å². The van der Waals surface area contributed by atoms with Crippen molar-refractivity contribution in [2.75, 3.05) is 6.54 Å². The average molecular weight is 171 g/mol. The van der Waals surface area contributed by atoms with Crippen LogP contribution in [0.1, 0.15) is 20.8 Å². The zero-order valence-corrected chi connectivity index (χ0v) is 7.53. The molecule has 4 nitrogen and oxygen atoms in total. The normalized spacial score (nSPS) is 24.1. The topological polar surface area (TPSA) is 46.6 Å². The van der Waals surface area contributed by atoms with Crippen LogP contribution in [0, 0.1) is 5.41 Å². The third-order valence-corrected chi connectivity index (χ3v) is 1.73. The molecule has 0 aromatic heterocycles. The van der Waals surface area contributed by atoms with Gasteiger partial charge in [0.1, 0.15) is 6.54 Å². The van der Waals surface area contributed by atoms with Gasteiger partial charge in [-0.1, -0.05) is 20.8 Å². The Morgan fingerprint density at radius 2 is 2.17 bits per heavy atom. The van der Waals surface area contributed by atoms with Crippen LogP contribution < -0.4 is 0 Å². The van der Waals surface area contributed by atoms with Crippen molar-refractivity contribution in [3.8, 4) is 0 Å². The third-order valence-electron chi connectivity index (χ3n) is 1.73. The Labute approximate surface area is 71.5 Å². The van der Waals surface area contributed by atoms with Crippen molar-refractivity contribution >= 4 is 12.4 Å². The van der Waals surface area contributed by atoms with E-state index in [1.807, 2.05) is 20.8 Å². The Morgan fingerprint density at radius 3 is 2.50 bits per heavy atom. The fourth-order valence-electron chi connectivity index (χ4n) is 1.23. The van der Waals surface area contributed by atoms with E-state index in [1.54, 1.807) is 0 Å². The Kier molecular flexibility index (Phi) is 2.08. The molecule has 0 aliphatic carbocycles. The highest BCUT2D eigenvalue weighted by molar-refractivity contribution is 5.77.